The van der Waals surface area contributed by atoms with Gasteiger partial charge in [0.2, 0.25) is 5.88 Å². The number of hydrogen-bond donors (Lipinski definition) is 0. The summed E-state index contributed by atoms with van der Waals surface area (Å²) >= 11 is 0. The normalized spacial score (nSPS) is 14.2. The average Bonchev–Trinajstić information content (AvgIpc) is 3.28. The molecule has 0 aromatic carbocycles. The third kappa shape index (κ3) is 5.30. The number of hydrogen-bond acceptors (Lipinski definition) is 6. The molecule has 0 atom stereocenters. The number of imidazole rings is 1. The van der Waals surface area contributed by atoms with Gasteiger partial charge in [0.1, 0.15) is 17.3 Å². The molecule has 5 rings (SSSR count). The molecule has 0 unspecified atom stereocenters. The number of fused-ring (bicyclic) bond motifs is 1. The molecule has 0 radical (unpaired) electrons. The van der Waals surface area contributed by atoms with Gasteiger partial charge in [0.25, 0.3) is 0 Å². The highest BCUT2D eigenvalue weighted by molar-refractivity contribution is 5.45. The first kappa shape index (κ1) is 21.4. The van der Waals surface area contributed by atoms with Crippen LogP contribution in [0.2, 0.25) is 0 Å². The van der Waals surface area contributed by atoms with Crippen molar-refractivity contribution in [2.75, 3.05) is 18.0 Å². The lowest BCUT2D eigenvalue weighted by molar-refractivity contribution is 0.232. The van der Waals surface area contributed by atoms with Crippen molar-refractivity contribution in [3.05, 3.63) is 77.8 Å². The molecule has 0 bridgehead atoms. The molecule has 0 N–H and O–H groups in total. The molecule has 7 heteroatoms. The Kier molecular flexibility index (Phi) is 6.19. The highest BCUT2D eigenvalue weighted by Gasteiger charge is 2.16. The van der Waals surface area contributed by atoms with E-state index in [4.69, 9.17) is 14.7 Å². The molecule has 7 nitrogen and oxygen atoms in total. The van der Waals surface area contributed by atoms with Crippen LogP contribution >= 0.6 is 0 Å². The molecular weight excluding hydrogens is 412 g/mol. The number of rotatable bonds is 7. The number of ether oxygens (including phenoxy) is 1. The number of aromatic nitrogens is 5. The molecule has 5 heterocycles. The molecule has 1 aliphatic rings. The van der Waals surface area contributed by atoms with Gasteiger partial charge < -0.3 is 14.0 Å². The minimum absolute atomic E-state index is 0.108. The smallest absolute Gasteiger partial charge is 0.213 e. The zero-order chi connectivity index (χ0) is 22.6. The van der Waals surface area contributed by atoms with Crippen molar-refractivity contribution >= 4 is 11.5 Å². The second-order valence-electron chi connectivity index (χ2n) is 8.93. The molecule has 1 fully saturated rings. The maximum Gasteiger partial charge on any atom is 0.213 e. The molecule has 1 aliphatic heterocycles. The van der Waals surface area contributed by atoms with E-state index in [-0.39, 0.29) is 6.10 Å². The fourth-order valence-corrected chi connectivity index (χ4v) is 4.27. The SMILES string of the molecule is CC(C)Oc1ccc(Cc2nc(Cc3ccn4ccnc4c3)cc(N3CCCCC3)n2)cn1. The van der Waals surface area contributed by atoms with Gasteiger partial charge in [-0.15, -0.1) is 0 Å². The largest absolute Gasteiger partial charge is 0.475 e. The van der Waals surface area contributed by atoms with Gasteiger partial charge in [-0.2, -0.15) is 0 Å². The van der Waals surface area contributed by atoms with Gasteiger partial charge in [-0.05, 0) is 56.4 Å². The lowest BCUT2D eigenvalue weighted by Gasteiger charge is -2.28. The summed E-state index contributed by atoms with van der Waals surface area (Å²) in [6, 6.07) is 10.4. The topological polar surface area (TPSA) is 68.4 Å². The molecule has 170 valence electrons. The molecule has 33 heavy (non-hydrogen) atoms. The van der Waals surface area contributed by atoms with E-state index in [0.717, 1.165) is 48.1 Å². The third-order valence-corrected chi connectivity index (χ3v) is 5.86. The van der Waals surface area contributed by atoms with Crippen molar-refractivity contribution in [3.8, 4) is 5.88 Å². The molecule has 4 aromatic rings. The molecular formula is C26H30N6O. The van der Waals surface area contributed by atoms with Crippen LogP contribution in [0.3, 0.4) is 0 Å². The van der Waals surface area contributed by atoms with Gasteiger partial charge >= 0.3 is 0 Å². The molecule has 0 saturated carbocycles. The van der Waals surface area contributed by atoms with Crippen LogP contribution in [0, 0.1) is 0 Å². The first-order chi connectivity index (χ1) is 16.1. The lowest BCUT2D eigenvalue weighted by Crippen LogP contribution is -2.30. The number of piperidine rings is 1. The highest BCUT2D eigenvalue weighted by atomic mass is 16.5. The Balaban J connectivity index is 1.41. The van der Waals surface area contributed by atoms with Crippen LogP contribution in [-0.2, 0) is 12.8 Å². The Morgan fingerprint density at radius 2 is 1.79 bits per heavy atom. The van der Waals surface area contributed by atoms with Crippen molar-refractivity contribution in [2.45, 2.75) is 52.1 Å². The summed E-state index contributed by atoms with van der Waals surface area (Å²) in [4.78, 5) is 21.1. The Labute approximate surface area is 194 Å². The number of anilines is 1. The van der Waals surface area contributed by atoms with Gasteiger partial charge in [0.15, 0.2) is 0 Å². The molecule has 4 aromatic heterocycles. The summed E-state index contributed by atoms with van der Waals surface area (Å²) in [6.07, 6.45) is 12.9. The maximum absolute atomic E-state index is 5.67. The summed E-state index contributed by atoms with van der Waals surface area (Å²) < 4.78 is 7.69. The van der Waals surface area contributed by atoms with E-state index >= 15 is 0 Å². The molecule has 0 aliphatic carbocycles. The Morgan fingerprint density at radius 1 is 0.909 bits per heavy atom. The Bertz CT molecular complexity index is 1210. The Morgan fingerprint density at radius 3 is 2.58 bits per heavy atom. The quantitative estimate of drug-likeness (QED) is 0.420. The van der Waals surface area contributed by atoms with Crippen LogP contribution in [0.4, 0.5) is 5.82 Å². The van der Waals surface area contributed by atoms with Crippen LogP contribution in [0.1, 0.15) is 55.8 Å². The average molecular weight is 443 g/mol. The zero-order valence-electron chi connectivity index (χ0n) is 19.3. The van der Waals surface area contributed by atoms with Crippen LogP contribution in [-0.4, -0.2) is 43.5 Å². The first-order valence-corrected chi connectivity index (χ1v) is 11.8. The number of pyridine rings is 2. The van der Waals surface area contributed by atoms with Crippen molar-refractivity contribution in [2.24, 2.45) is 0 Å². The standard InChI is InChI=1S/C26H30N6O/c1-19(2)33-26-7-6-21(18-28-26)15-23-29-22(17-25(30-23)31-10-4-3-5-11-31)14-20-8-12-32-13-9-27-24(32)16-20/h6-9,12-13,16-19H,3-5,10-11,14-15H2,1-2H3. The summed E-state index contributed by atoms with van der Waals surface area (Å²) in [6.45, 7) is 6.11. The minimum Gasteiger partial charge on any atom is -0.475 e. The van der Waals surface area contributed by atoms with Gasteiger partial charge in [-0.1, -0.05) is 6.07 Å². The fourth-order valence-electron chi connectivity index (χ4n) is 4.27. The molecule has 0 spiro atoms. The second kappa shape index (κ2) is 9.57. The maximum atomic E-state index is 5.67. The first-order valence-electron chi connectivity index (χ1n) is 11.8. The summed E-state index contributed by atoms with van der Waals surface area (Å²) in [5.41, 5.74) is 4.25. The second-order valence-corrected chi connectivity index (χ2v) is 8.93. The summed E-state index contributed by atoms with van der Waals surface area (Å²) in [5, 5.41) is 0. The van der Waals surface area contributed by atoms with E-state index in [9.17, 15) is 0 Å². The van der Waals surface area contributed by atoms with E-state index in [1.165, 1.54) is 24.8 Å². The van der Waals surface area contributed by atoms with Gasteiger partial charge in [-0.25, -0.2) is 19.9 Å². The van der Waals surface area contributed by atoms with Gasteiger partial charge in [0.05, 0.1) is 11.8 Å². The van der Waals surface area contributed by atoms with E-state index in [0.29, 0.717) is 12.3 Å². The third-order valence-electron chi connectivity index (χ3n) is 5.86. The van der Waals surface area contributed by atoms with Crippen LogP contribution in [0.5, 0.6) is 5.88 Å². The predicted octanol–water partition coefficient (Wildman–Crippen LogP) is 4.48. The number of nitrogens with zero attached hydrogens (tertiary/aromatic N) is 6. The van der Waals surface area contributed by atoms with E-state index < -0.39 is 0 Å². The molecule has 1 saturated heterocycles. The van der Waals surface area contributed by atoms with Crippen molar-refractivity contribution in [1.29, 1.82) is 0 Å². The van der Waals surface area contributed by atoms with Crippen molar-refractivity contribution in [3.63, 3.8) is 0 Å². The van der Waals surface area contributed by atoms with Gasteiger partial charge in [-0.3, -0.25) is 0 Å². The van der Waals surface area contributed by atoms with Gasteiger partial charge in [0, 0.05) is 62.9 Å². The summed E-state index contributed by atoms with van der Waals surface area (Å²) in [7, 11) is 0. The van der Waals surface area contributed by atoms with Crippen LogP contribution < -0.4 is 9.64 Å². The Hall–Kier alpha value is -3.48. The molecule has 0 amide bonds. The minimum atomic E-state index is 0.108. The van der Waals surface area contributed by atoms with E-state index in [1.807, 2.05) is 49.0 Å². The summed E-state index contributed by atoms with van der Waals surface area (Å²) in [5.74, 6) is 2.51. The lowest BCUT2D eigenvalue weighted by atomic mass is 10.1. The zero-order valence-corrected chi connectivity index (χ0v) is 19.3. The van der Waals surface area contributed by atoms with Crippen molar-refractivity contribution < 1.29 is 4.74 Å². The van der Waals surface area contributed by atoms with E-state index in [1.54, 1.807) is 0 Å². The van der Waals surface area contributed by atoms with Crippen LogP contribution in [0.15, 0.2) is 55.1 Å². The fraction of sp³-hybridized carbons (Fsp3) is 0.385. The van der Waals surface area contributed by atoms with Crippen LogP contribution in [0.25, 0.3) is 5.65 Å². The van der Waals surface area contributed by atoms with E-state index in [2.05, 4.69) is 39.3 Å². The van der Waals surface area contributed by atoms with Crippen molar-refractivity contribution in [1.82, 2.24) is 24.3 Å². The monoisotopic (exact) mass is 442 g/mol. The predicted molar refractivity (Wildman–Crippen MR) is 129 cm³/mol. The highest BCUT2D eigenvalue weighted by Crippen LogP contribution is 2.22.